The molecule has 2 aliphatic rings. The monoisotopic (exact) mass is 494 g/mol. The summed E-state index contributed by atoms with van der Waals surface area (Å²) in [7, 11) is 0. The minimum atomic E-state index is -0.195. The Labute approximate surface area is 205 Å². The molecular formula is C24H22N4O2S3. The number of carbonyl (C=O) groups excluding carboxylic acids is 1. The number of pyridine rings is 1. The van der Waals surface area contributed by atoms with E-state index in [1.165, 1.54) is 16.2 Å². The third-order valence-electron chi connectivity index (χ3n) is 5.83. The van der Waals surface area contributed by atoms with E-state index in [1.807, 2.05) is 61.2 Å². The fourth-order valence-electron chi connectivity index (χ4n) is 4.06. The molecule has 33 heavy (non-hydrogen) atoms. The van der Waals surface area contributed by atoms with Crippen LogP contribution in [0.3, 0.4) is 0 Å². The van der Waals surface area contributed by atoms with Gasteiger partial charge in [0.25, 0.3) is 11.5 Å². The van der Waals surface area contributed by atoms with Crippen molar-refractivity contribution in [2.75, 3.05) is 29.5 Å². The lowest BCUT2D eigenvalue weighted by Crippen LogP contribution is -2.36. The highest BCUT2D eigenvalue weighted by molar-refractivity contribution is 8.26. The molecule has 2 aliphatic heterocycles. The largest absolute Gasteiger partial charge is 0.354 e. The number of anilines is 1. The Balaban J connectivity index is 1.58. The van der Waals surface area contributed by atoms with Crippen molar-refractivity contribution >= 4 is 63.5 Å². The van der Waals surface area contributed by atoms with Crippen molar-refractivity contribution in [1.82, 2.24) is 14.3 Å². The van der Waals surface area contributed by atoms with Gasteiger partial charge in [-0.25, -0.2) is 4.98 Å². The Morgan fingerprint density at radius 1 is 1.06 bits per heavy atom. The molecule has 0 aliphatic carbocycles. The minimum absolute atomic E-state index is 0.181. The molecule has 168 valence electrons. The number of fused-ring (bicyclic) bond motifs is 1. The smallest absolute Gasteiger partial charge is 0.267 e. The first kappa shape index (κ1) is 22.2. The van der Waals surface area contributed by atoms with E-state index < -0.39 is 0 Å². The van der Waals surface area contributed by atoms with E-state index >= 15 is 0 Å². The van der Waals surface area contributed by atoms with Gasteiger partial charge in [-0.2, -0.15) is 11.8 Å². The summed E-state index contributed by atoms with van der Waals surface area (Å²) in [6.07, 6.45) is 3.39. The first-order chi connectivity index (χ1) is 16.0. The molecular weight excluding hydrogens is 472 g/mol. The summed E-state index contributed by atoms with van der Waals surface area (Å²) in [6, 6.07) is 15.1. The van der Waals surface area contributed by atoms with Crippen LogP contribution >= 0.6 is 35.7 Å². The lowest BCUT2D eigenvalue weighted by molar-refractivity contribution is -0.123. The van der Waals surface area contributed by atoms with Crippen LogP contribution in [0.15, 0.2) is 64.4 Å². The fourth-order valence-corrected chi connectivity index (χ4v) is 6.36. The molecule has 0 N–H and O–H groups in total. The van der Waals surface area contributed by atoms with Gasteiger partial charge in [-0.1, -0.05) is 60.4 Å². The predicted octanol–water partition coefficient (Wildman–Crippen LogP) is 4.21. The number of carbonyl (C=O) groups is 1. The van der Waals surface area contributed by atoms with Crippen LogP contribution in [0.2, 0.25) is 0 Å². The van der Waals surface area contributed by atoms with Crippen molar-refractivity contribution in [2.45, 2.75) is 13.0 Å². The second-order valence-corrected chi connectivity index (χ2v) is 10.7. The topological polar surface area (TPSA) is 57.9 Å². The molecule has 2 saturated heterocycles. The zero-order chi connectivity index (χ0) is 22.9. The van der Waals surface area contributed by atoms with Gasteiger partial charge in [0.15, 0.2) is 0 Å². The molecule has 9 heteroatoms. The van der Waals surface area contributed by atoms with Gasteiger partial charge in [0.05, 0.1) is 16.5 Å². The molecule has 0 spiro atoms. The van der Waals surface area contributed by atoms with Crippen molar-refractivity contribution in [3.8, 4) is 0 Å². The Morgan fingerprint density at radius 2 is 1.79 bits per heavy atom. The van der Waals surface area contributed by atoms with Gasteiger partial charge in [-0.3, -0.25) is 18.9 Å². The van der Waals surface area contributed by atoms with Crippen LogP contribution in [0.1, 0.15) is 24.1 Å². The van der Waals surface area contributed by atoms with Gasteiger partial charge >= 0.3 is 0 Å². The zero-order valence-electron chi connectivity index (χ0n) is 18.0. The van der Waals surface area contributed by atoms with Crippen LogP contribution in [0.25, 0.3) is 11.7 Å². The van der Waals surface area contributed by atoms with E-state index in [9.17, 15) is 9.59 Å². The number of nitrogens with zero attached hydrogens (tertiary/aromatic N) is 4. The minimum Gasteiger partial charge on any atom is -0.354 e. The van der Waals surface area contributed by atoms with Crippen LogP contribution in [0.5, 0.6) is 0 Å². The molecule has 0 saturated carbocycles. The molecule has 2 aromatic heterocycles. The summed E-state index contributed by atoms with van der Waals surface area (Å²) in [6.45, 7) is 3.59. The molecule has 0 radical (unpaired) electrons. The Morgan fingerprint density at radius 3 is 2.55 bits per heavy atom. The molecule has 4 heterocycles. The van der Waals surface area contributed by atoms with Crippen molar-refractivity contribution < 1.29 is 4.79 Å². The molecule has 1 amide bonds. The van der Waals surface area contributed by atoms with E-state index in [-0.39, 0.29) is 17.5 Å². The van der Waals surface area contributed by atoms with E-state index in [0.717, 1.165) is 30.2 Å². The number of rotatable bonds is 4. The molecule has 2 fully saturated rings. The highest BCUT2D eigenvalue weighted by atomic mass is 32.2. The number of thiocarbonyl (C=S) groups is 1. The number of thioether (sulfide) groups is 2. The maximum Gasteiger partial charge on any atom is 0.267 e. The number of hydrogen-bond donors (Lipinski definition) is 0. The zero-order valence-corrected chi connectivity index (χ0v) is 20.5. The molecule has 5 rings (SSSR count). The van der Waals surface area contributed by atoms with Gasteiger partial charge < -0.3 is 4.90 Å². The maximum atomic E-state index is 13.5. The Bertz CT molecular complexity index is 1320. The molecule has 0 unspecified atom stereocenters. The molecule has 1 aromatic carbocycles. The van der Waals surface area contributed by atoms with Crippen molar-refractivity contribution in [2.24, 2.45) is 0 Å². The maximum absolute atomic E-state index is 13.5. The number of aromatic nitrogens is 2. The highest BCUT2D eigenvalue weighted by Crippen LogP contribution is 2.38. The lowest BCUT2D eigenvalue weighted by Gasteiger charge is -2.28. The molecule has 1 atom stereocenters. The van der Waals surface area contributed by atoms with Gasteiger partial charge in [0.2, 0.25) is 0 Å². The van der Waals surface area contributed by atoms with Crippen molar-refractivity contribution in [3.05, 3.63) is 81.1 Å². The van der Waals surface area contributed by atoms with E-state index in [2.05, 4.69) is 4.90 Å². The first-order valence-corrected chi connectivity index (χ1v) is 13.1. The Kier molecular flexibility index (Phi) is 6.27. The van der Waals surface area contributed by atoms with Crippen LogP contribution in [0, 0.1) is 0 Å². The van der Waals surface area contributed by atoms with Crippen LogP contribution < -0.4 is 10.5 Å². The number of benzene rings is 1. The highest BCUT2D eigenvalue weighted by Gasteiger charge is 2.36. The first-order valence-electron chi connectivity index (χ1n) is 10.7. The van der Waals surface area contributed by atoms with Gasteiger partial charge in [0, 0.05) is 30.8 Å². The van der Waals surface area contributed by atoms with E-state index in [1.54, 1.807) is 23.2 Å². The Hall–Kier alpha value is -2.62. The number of hydrogen-bond acceptors (Lipinski definition) is 7. The van der Waals surface area contributed by atoms with Crippen LogP contribution in [-0.2, 0) is 4.79 Å². The summed E-state index contributed by atoms with van der Waals surface area (Å²) in [4.78, 5) is 35.9. The summed E-state index contributed by atoms with van der Waals surface area (Å²) >= 11 is 8.70. The average Bonchev–Trinajstić information content (AvgIpc) is 3.14. The van der Waals surface area contributed by atoms with Gasteiger partial charge in [0.1, 0.15) is 15.8 Å². The summed E-state index contributed by atoms with van der Waals surface area (Å²) in [5.74, 6) is 2.41. The second-order valence-electron chi connectivity index (χ2n) is 7.82. The molecule has 0 bridgehead atoms. The summed E-state index contributed by atoms with van der Waals surface area (Å²) < 4.78 is 2.02. The second kappa shape index (κ2) is 9.32. The normalized spacial score (nSPS) is 19.0. The average molecular weight is 495 g/mol. The molecule has 6 nitrogen and oxygen atoms in total. The van der Waals surface area contributed by atoms with Gasteiger partial charge in [-0.05, 0) is 30.7 Å². The van der Waals surface area contributed by atoms with Gasteiger partial charge in [-0.15, -0.1) is 0 Å². The standard InChI is InChI=1S/C24H22N4O2S3/c1-16(17-7-3-2-4-8-17)28-23(30)19(33-24(28)31)15-18-21(26-11-13-32-14-12-26)25-20-9-5-6-10-27(20)22(18)29/h2-10,15-16H,11-14H2,1H3/b19-15-/t16-/m0/s1. The SMILES string of the molecule is C[C@@H](c1ccccc1)N1C(=O)/C(=C/c2c(N3CCSCC3)nc3ccccn3c2=O)SC1=S. The summed E-state index contributed by atoms with van der Waals surface area (Å²) in [5.41, 5.74) is 1.85. The predicted molar refractivity (Wildman–Crippen MR) is 141 cm³/mol. The quantitative estimate of drug-likeness (QED) is 0.398. The summed E-state index contributed by atoms with van der Waals surface area (Å²) in [5, 5.41) is 0. The lowest BCUT2D eigenvalue weighted by atomic mass is 10.1. The van der Waals surface area contributed by atoms with E-state index in [0.29, 0.717) is 26.3 Å². The third kappa shape index (κ3) is 4.20. The van der Waals surface area contributed by atoms with Crippen molar-refractivity contribution in [1.29, 1.82) is 0 Å². The molecule has 3 aromatic rings. The fraction of sp³-hybridized carbons (Fsp3) is 0.250. The third-order valence-corrected chi connectivity index (χ3v) is 8.10. The van der Waals surface area contributed by atoms with Crippen LogP contribution in [-0.4, -0.2) is 49.1 Å². The number of amides is 1. The van der Waals surface area contributed by atoms with E-state index in [4.69, 9.17) is 17.2 Å². The van der Waals surface area contributed by atoms with Crippen molar-refractivity contribution in [3.63, 3.8) is 0 Å². The van der Waals surface area contributed by atoms with Crippen LogP contribution in [0.4, 0.5) is 5.82 Å².